The molecule has 102 valence electrons. The van der Waals surface area contributed by atoms with E-state index in [1.807, 2.05) is 0 Å². The minimum absolute atomic E-state index is 0.0338. The van der Waals surface area contributed by atoms with Crippen molar-refractivity contribution in [1.82, 2.24) is 4.90 Å². The van der Waals surface area contributed by atoms with Gasteiger partial charge < -0.3 is 4.74 Å². The molecule has 1 aliphatic rings. The third-order valence-corrected chi connectivity index (χ3v) is 4.29. The standard InChI is InChI=1S/C12H19NO4S/c1-5-7-13(11(14)17-12(2,3)4)10-6-8-18(15,16)9-10/h1,10H,6-9H2,2-4H3. The van der Waals surface area contributed by atoms with E-state index < -0.39 is 21.5 Å². The topological polar surface area (TPSA) is 63.7 Å². The summed E-state index contributed by atoms with van der Waals surface area (Å²) in [5.41, 5.74) is -0.624. The molecule has 0 N–H and O–H groups in total. The van der Waals surface area contributed by atoms with E-state index in [-0.39, 0.29) is 24.1 Å². The second-order valence-corrected chi connectivity index (χ2v) is 7.60. The van der Waals surface area contributed by atoms with E-state index in [0.717, 1.165) is 0 Å². The maximum Gasteiger partial charge on any atom is 0.411 e. The molecule has 0 aromatic rings. The van der Waals surface area contributed by atoms with E-state index in [9.17, 15) is 13.2 Å². The summed E-state index contributed by atoms with van der Waals surface area (Å²) in [6.45, 7) is 5.33. The predicted molar refractivity (Wildman–Crippen MR) is 68.8 cm³/mol. The Morgan fingerprint density at radius 2 is 2.11 bits per heavy atom. The smallest absolute Gasteiger partial charge is 0.411 e. The third kappa shape index (κ3) is 4.22. The summed E-state index contributed by atoms with van der Waals surface area (Å²) in [6, 6.07) is -0.374. The number of nitrogens with zero attached hydrogens (tertiary/aromatic N) is 1. The van der Waals surface area contributed by atoms with E-state index in [1.54, 1.807) is 20.8 Å². The summed E-state index contributed by atoms with van der Waals surface area (Å²) in [5, 5.41) is 0. The Hall–Kier alpha value is -1.22. The maximum atomic E-state index is 12.0. The van der Waals surface area contributed by atoms with Crippen LogP contribution < -0.4 is 0 Å². The summed E-state index contributed by atoms with van der Waals surface area (Å²) in [7, 11) is -3.05. The van der Waals surface area contributed by atoms with Crippen molar-refractivity contribution in [3.8, 4) is 12.3 Å². The zero-order chi connectivity index (χ0) is 14.0. The Kier molecular flexibility index (Phi) is 4.28. The summed E-state index contributed by atoms with van der Waals surface area (Å²) in [4.78, 5) is 13.3. The quantitative estimate of drug-likeness (QED) is 0.705. The summed E-state index contributed by atoms with van der Waals surface area (Å²) in [5.74, 6) is 2.43. The molecule has 18 heavy (non-hydrogen) atoms. The fourth-order valence-corrected chi connectivity index (χ4v) is 3.51. The Balaban J connectivity index is 2.78. The first-order valence-corrected chi connectivity index (χ1v) is 7.60. The summed E-state index contributed by atoms with van der Waals surface area (Å²) >= 11 is 0. The van der Waals surface area contributed by atoms with Crippen molar-refractivity contribution in [3.63, 3.8) is 0 Å². The van der Waals surface area contributed by atoms with Crippen LogP contribution in [0.3, 0.4) is 0 Å². The van der Waals surface area contributed by atoms with Crippen LogP contribution in [0.5, 0.6) is 0 Å². The van der Waals surface area contributed by atoms with Crippen LogP contribution in [0.4, 0.5) is 4.79 Å². The van der Waals surface area contributed by atoms with Gasteiger partial charge in [-0.25, -0.2) is 13.2 Å². The average molecular weight is 273 g/mol. The maximum absolute atomic E-state index is 12.0. The highest BCUT2D eigenvalue weighted by atomic mass is 32.2. The van der Waals surface area contributed by atoms with Gasteiger partial charge in [0, 0.05) is 0 Å². The lowest BCUT2D eigenvalue weighted by atomic mass is 10.2. The number of hydrogen-bond acceptors (Lipinski definition) is 4. The van der Waals surface area contributed by atoms with Crippen LogP contribution in [0.1, 0.15) is 27.2 Å². The predicted octanol–water partition coefficient (Wildman–Crippen LogP) is 1.04. The van der Waals surface area contributed by atoms with E-state index in [1.165, 1.54) is 4.90 Å². The number of carbonyl (C=O) groups excluding carboxylic acids is 1. The third-order valence-electron chi connectivity index (χ3n) is 2.54. The fourth-order valence-electron chi connectivity index (χ4n) is 1.78. The van der Waals surface area contributed by atoms with Gasteiger partial charge in [0.25, 0.3) is 0 Å². The lowest BCUT2D eigenvalue weighted by Gasteiger charge is -2.29. The first-order valence-electron chi connectivity index (χ1n) is 5.78. The molecule has 1 atom stereocenters. The summed E-state index contributed by atoms with van der Waals surface area (Å²) < 4.78 is 28.1. The van der Waals surface area contributed by atoms with Gasteiger partial charge in [-0.05, 0) is 27.2 Å². The van der Waals surface area contributed by atoms with Crippen molar-refractivity contribution in [1.29, 1.82) is 0 Å². The molecule has 1 saturated heterocycles. The molecule has 1 rings (SSSR count). The Morgan fingerprint density at radius 1 is 1.50 bits per heavy atom. The van der Waals surface area contributed by atoms with Crippen molar-refractivity contribution in [2.45, 2.75) is 38.8 Å². The molecular formula is C12H19NO4S. The van der Waals surface area contributed by atoms with E-state index in [2.05, 4.69) is 5.92 Å². The lowest BCUT2D eigenvalue weighted by molar-refractivity contribution is 0.0213. The summed E-state index contributed by atoms with van der Waals surface area (Å²) in [6.07, 6.45) is 5.08. The number of ether oxygens (including phenoxy) is 1. The van der Waals surface area contributed by atoms with Crippen LogP contribution in [0, 0.1) is 12.3 Å². The van der Waals surface area contributed by atoms with Crippen molar-refractivity contribution in [3.05, 3.63) is 0 Å². The minimum atomic E-state index is -3.05. The zero-order valence-corrected chi connectivity index (χ0v) is 11.8. The molecular weight excluding hydrogens is 254 g/mol. The monoisotopic (exact) mass is 273 g/mol. The van der Waals surface area contributed by atoms with Crippen LogP contribution in [0.15, 0.2) is 0 Å². The highest BCUT2D eigenvalue weighted by Gasteiger charge is 2.36. The van der Waals surface area contributed by atoms with Crippen LogP contribution in [-0.4, -0.2) is 49.1 Å². The van der Waals surface area contributed by atoms with Gasteiger partial charge in [0.2, 0.25) is 0 Å². The second-order valence-electron chi connectivity index (χ2n) is 5.37. The molecule has 0 aliphatic carbocycles. The molecule has 5 nitrogen and oxygen atoms in total. The molecule has 0 bridgehead atoms. The van der Waals surface area contributed by atoms with Gasteiger partial charge in [-0.15, -0.1) is 6.42 Å². The Morgan fingerprint density at radius 3 is 2.50 bits per heavy atom. The minimum Gasteiger partial charge on any atom is -0.444 e. The van der Waals surface area contributed by atoms with Gasteiger partial charge >= 0.3 is 6.09 Å². The van der Waals surface area contributed by atoms with Crippen LogP contribution in [0.2, 0.25) is 0 Å². The van der Waals surface area contributed by atoms with Crippen molar-refractivity contribution >= 4 is 15.9 Å². The van der Waals surface area contributed by atoms with Gasteiger partial charge in [-0.1, -0.05) is 5.92 Å². The molecule has 6 heteroatoms. The van der Waals surface area contributed by atoms with Gasteiger partial charge in [0.1, 0.15) is 5.60 Å². The van der Waals surface area contributed by atoms with Crippen molar-refractivity contribution in [2.24, 2.45) is 0 Å². The first-order chi connectivity index (χ1) is 8.14. The number of terminal acetylenes is 1. The Labute approximate surface area is 108 Å². The van der Waals surface area contributed by atoms with Gasteiger partial charge in [0.05, 0.1) is 24.1 Å². The SMILES string of the molecule is C#CCN(C(=O)OC(C)(C)C)C1CCS(=O)(=O)C1. The number of rotatable bonds is 2. The van der Waals surface area contributed by atoms with Gasteiger partial charge in [-0.2, -0.15) is 0 Å². The number of amides is 1. The normalized spacial score (nSPS) is 22.2. The molecule has 1 unspecified atom stereocenters. The van der Waals surface area contributed by atoms with Gasteiger partial charge in [0.15, 0.2) is 9.84 Å². The number of carbonyl (C=O) groups is 1. The van der Waals surface area contributed by atoms with E-state index >= 15 is 0 Å². The number of hydrogen-bond donors (Lipinski definition) is 0. The Bertz CT molecular complexity index is 455. The second kappa shape index (κ2) is 5.19. The van der Waals surface area contributed by atoms with Crippen LogP contribution >= 0.6 is 0 Å². The van der Waals surface area contributed by atoms with Crippen LogP contribution in [-0.2, 0) is 14.6 Å². The number of sulfone groups is 1. The van der Waals surface area contributed by atoms with Crippen molar-refractivity contribution in [2.75, 3.05) is 18.1 Å². The van der Waals surface area contributed by atoms with E-state index in [4.69, 9.17) is 11.2 Å². The lowest BCUT2D eigenvalue weighted by Crippen LogP contribution is -2.44. The zero-order valence-electron chi connectivity index (χ0n) is 11.0. The van der Waals surface area contributed by atoms with E-state index in [0.29, 0.717) is 6.42 Å². The highest BCUT2D eigenvalue weighted by molar-refractivity contribution is 7.91. The van der Waals surface area contributed by atoms with Crippen molar-refractivity contribution < 1.29 is 17.9 Å². The largest absolute Gasteiger partial charge is 0.444 e. The molecule has 0 aromatic carbocycles. The first kappa shape index (κ1) is 14.8. The molecule has 1 aliphatic heterocycles. The molecule has 1 heterocycles. The molecule has 1 fully saturated rings. The van der Waals surface area contributed by atoms with Gasteiger partial charge in [-0.3, -0.25) is 4.90 Å². The molecule has 0 radical (unpaired) electrons. The molecule has 0 saturated carbocycles. The molecule has 1 amide bonds. The highest BCUT2D eigenvalue weighted by Crippen LogP contribution is 2.20. The van der Waals surface area contributed by atoms with Crippen LogP contribution in [0.25, 0.3) is 0 Å². The fraction of sp³-hybridized carbons (Fsp3) is 0.750. The molecule has 0 aromatic heterocycles. The molecule has 0 spiro atoms. The average Bonchev–Trinajstić information content (AvgIpc) is 2.52.